The summed E-state index contributed by atoms with van der Waals surface area (Å²) in [5.74, 6) is 2.10. The zero-order valence-electron chi connectivity index (χ0n) is 38.4. The quantitative estimate of drug-likeness (QED) is 0.128. The number of carbonyl (C=O) groups excluding carboxylic acids is 2. The van der Waals surface area contributed by atoms with E-state index in [0.717, 1.165) is 133 Å². The standard InChI is InChI=1S/C25H32N4O2.C21H23N3O2.C4H10BrN/c1-18-10-12-20-21(29(18)25(30)31-4)13-14-22-24(20)26-23(28(22)17-16-27(2)3)15-11-19-8-6-5-7-9-19;1-14-8-10-16-18(24(14)21(25)26-2)12-11-17-20(16)23-19(22-17)13-9-15-6-4-3-5-7-15;1-6(2)4-3-5/h5-9,13-14,18H,10-12,15-17H2,1-4H3;3-7,11-12,14H,8-10,13H2,1-2H3,(H,22,23);3-4H2,1-2H3/t18-;14-;/m00./s1. The molecule has 63 heavy (non-hydrogen) atoms. The molecule has 2 aromatic heterocycles. The minimum Gasteiger partial charge on any atom is -0.452 e. The van der Waals surface area contributed by atoms with Crippen LogP contribution in [0, 0.1) is 0 Å². The SMILES string of the molecule is CN(C)CCBr.COC(=O)N1c2ccc3[nH]c(CCc4ccccc4)nc3c2CC[C@@H]1C.COC(=O)N1c2ccc3c(nc(CCc4ccccc4)n3CCN(C)C)c2CC[C@@H]1C. The molecule has 4 heterocycles. The molecule has 0 fully saturated rings. The lowest BCUT2D eigenvalue weighted by atomic mass is 9.96. The van der Waals surface area contributed by atoms with E-state index in [9.17, 15) is 9.59 Å². The third-order valence-corrected chi connectivity index (χ3v) is 12.3. The third-order valence-electron chi connectivity index (χ3n) is 11.9. The normalized spacial score (nSPS) is 15.7. The zero-order chi connectivity index (χ0) is 45.0. The van der Waals surface area contributed by atoms with Gasteiger partial charge in [-0.15, -0.1) is 0 Å². The van der Waals surface area contributed by atoms with Gasteiger partial charge in [-0.3, -0.25) is 9.80 Å². The number of imidazole rings is 2. The van der Waals surface area contributed by atoms with E-state index in [1.165, 1.54) is 25.3 Å². The van der Waals surface area contributed by atoms with Gasteiger partial charge in [-0.25, -0.2) is 19.6 Å². The molecule has 12 nitrogen and oxygen atoms in total. The first-order chi connectivity index (χ1) is 30.4. The Labute approximate surface area is 381 Å². The van der Waals surface area contributed by atoms with Crippen molar-refractivity contribution in [1.82, 2.24) is 29.3 Å². The van der Waals surface area contributed by atoms with Crippen LogP contribution in [0.5, 0.6) is 0 Å². The van der Waals surface area contributed by atoms with E-state index < -0.39 is 0 Å². The maximum absolute atomic E-state index is 12.5. The largest absolute Gasteiger partial charge is 0.452 e. The number of likely N-dealkylation sites (N-methyl/N-ethyl adjacent to an activating group) is 1. The molecule has 0 aliphatic carbocycles. The molecule has 6 aromatic rings. The molecule has 2 amide bonds. The van der Waals surface area contributed by atoms with Crippen molar-refractivity contribution in [3.63, 3.8) is 0 Å². The first-order valence-corrected chi connectivity index (χ1v) is 23.2. The number of nitrogens with zero attached hydrogens (tertiary/aromatic N) is 7. The number of rotatable bonds is 11. The van der Waals surface area contributed by atoms with Crippen LogP contribution in [0.4, 0.5) is 21.0 Å². The fourth-order valence-electron chi connectivity index (χ4n) is 8.43. The maximum atomic E-state index is 12.5. The number of hydrogen-bond acceptors (Lipinski definition) is 8. The highest BCUT2D eigenvalue weighted by Crippen LogP contribution is 2.38. The summed E-state index contributed by atoms with van der Waals surface area (Å²) in [6.45, 7) is 7.10. The van der Waals surface area contributed by atoms with E-state index in [1.54, 1.807) is 9.80 Å². The van der Waals surface area contributed by atoms with Gasteiger partial charge >= 0.3 is 12.2 Å². The summed E-state index contributed by atoms with van der Waals surface area (Å²) in [5, 5.41) is 1.07. The molecule has 1 N–H and O–H groups in total. The van der Waals surface area contributed by atoms with E-state index in [-0.39, 0.29) is 24.3 Å². The number of amides is 2. The van der Waals surface area contributed by atoms with Gasteiger partial charge in [0.1, 0.15) is 11.6 Å². The number of aromatic amines is 1. The maximum Gasteiger partial charge on any atom is 0.414 e. The van der Waals surface area contributed by atoms with Crippen molar-refractivity contribution >= 4 is 61.6 Å². The van der Waals surface area contributed by atoms with E-state index in [0.29, 0.717) is 0 Å². The number of alkyl halides is 1. The molecule has 0 saturated heterocycles. The fraction of sp³-hybridized carbons (Fsp3) is 0.440. The number of carbonyl (C=O) groups is 2. The van der Waals surface area contributed by atoms with Gasteiger partial charge in [0.05, 0.1) is 47.7 Å². The Bertz CT molecular complexity index is 2420. The molecule has 0 unspecified atom stereocenters. The second-order valence-corrected chi connectivity index (χ2v) is 17.8. The van der Waals surface area contributed by atoms with Crippen molar-refractivity contribution in [3.05, 3.63) is 119 Å². The number of ether oxygens (including phenoxy) is 2. The summed E-state index contributed by atoms with van der Waals surface area (Å²) in [5.41, 5.74) is 11.0. The molecule has 0 radical (unpaired) electrons. The van der Waals surface area contributed by atoms with Crippen LogP contribution in [-0.4, -0.2) is 114 Å². The van der Waals surface area contributed by atoms with E-state index in [1.807, 2.05) is 18.2 Å². The Morgan fingerprint density at radius 1 is 0.683 bits per heavy atom. The molecule has 2 aliphatic rings. The minimum atomic E-state index is -0.308. The van der Waals surface area contributed by atoms with Crippen LogP contribution in [0.15, 0.2) is 84.9 Å². The van der Waals surface area contributed by atoms with Crippen LogP contribution in [0.1, 0.15) is 60.6 Å². The molecule has 0 saturated carbocycles. The van der Waals surface area contributed by atoms with Crippen molar-refractivity contribution in [2.24, 2.45) is 0 Å². The van der Waals surface area contributed by atoms with Crippen molar-refractivity contribution < 1.29 is 19.1 Å². The molecule has 13 heteroatoms. The Morgan fingerprint density at radius 3 is 1.71 bits per heavy atom. The average molecular weight is 922 g/mol. The predicted molar refractivity (Wildman–Crippen MR) is 260 cm³/mol. The lowest BCUT2D eigenvalue weighted by molar-refractivity contribution is 0.174. The van der Waals surface area contributed by atoms with Gasteiger partial charge in [-0.05, 0) is 116 Å². The number of methoxy groups -OCH3 is 2. The van der Waals surface area contributed by atoms with E-state index >= 15 is 0 Å². The van der Waals surface area contributed by atoms with Crippen molar-refractivity contribution in [2.75, 3.05) is 70.6 Å². The predicted octanol–water partition coefficient (Wildman–Crippen LogP) is 9.49. The lowest BCUT2D eigenvalue weighted by Gasteiger charge is -2.34. The van der Waals surface area contributed by atoms with Gasteiger partial charge in [0.2, 0.25) is 0 Å². The number of nitrogens with one attached hydrogen (secondary N) is 1. The summed E-state index contributed by atoms with van der Waals surface area (Å²) in [4.78, 5) is 46.0. The van der Waals surface area contributed by atoms with Crippen LogP contribution < -0.4 is 9.80 Å². The topological polar surface area (TPSA) is 112 Å². The van der Waals surface area contributed by atoms with Crippen molar-refractivity contribution in [2.45, 2.75) is 83.8 Å². The first-order valence-electron chi connectivity index (χ1n) is 22.1. The Hall–Kier alpha value is -5.24. The highest BCUT2D eigenvalue weighted by molar-refractivity contribution is 9.09. The molecule has 8 rings (SSSR count). The summed E-state index contributed by atoms with van der Waals surface area (Å²) in [6, 6.07) is 29.5. The fourth-order valence-corrected chi connectivity index (χ4v) is 9.14. The minimum absolute atomic E-state index is 0.116. The number of H-pyrrole nitrogens is 1. The van der Waals surface area contributed by atoms with Crippen LogP contribution >= 0.6 is 15.9 Å². The Balaban J connectivity index is 0.000000188. The smallest absolute Gasteiger partial charge is 0.414 e. The zero-order valence-corrected chi connectivity index (χ0v) is 40.0. The molecule has 2 atom stereocenters. The van der Waals surface area contributed by atoms with Crippen LogP contribution in [0.2, 0.25) is 0 Å². The highest BCUT2D eigenvalue weighted by atomic mass is 79.9. The van der Waals surface area contributed by atoms with Crippen molar-refractivity contribution in [3.8, 4) is 0 Å². The molecule has 4 aromatic carbocycles. The molecule has 2 aliphatic heterocycles. The lowest BCUT2D eigenvalue weighted by Crippen LogP contribution is -2.42. The van der Waals surface area contributed by atoms with Gasteiger partial charge in [0, 0.05) is 61.0 Å². The van der Waals surface area contributed by atoms with Crippen LogP contribution in [-0.2, 0) is 54.5 Å². The van der Waals surface area contributed by atoms with Gasteiger partial charge in [0.15, 0.2) is 0 Å². The third kappa shape index (κ3) is 11.7. The number of aryl methyl sites for hydroxylation is 6. The van der Waals surface area contributed by atoms with Gasteiger partial charge in [-0.2, -0.15) is 0 Å². The number of benzene rings is 4. The number of fused-ring (bicyclic) bond motifs is 6. The molecular weight excluding hydrogens is 857 g/mol. The summed E-state index contributed by atoms with van der Waals surface area (Å²) >= 11 is 3.31. The Kier molecular flexibility index (Phi) is 16.8. The summed E-state index contributed by atoms with van der Waals surface area (Å²) in [6.07, 6.45) is 6.71. The van der Waals surface area contributed by atoms with Crippen molar-refractivity contribution in [1.29, 1.82) is 0 Å². The van der Waals surface area contributed by atoms with E-state index in [4.69, 9.17) is 19.4 Å². The number of anilines is 2. The summed E-state index contributed by atoms with van der Waals surface area (Å²) < 4.78 is 12.4. The molecule has 0 spiro atoms. The second-order valence-electron chi connectivity index (χ2n) is 17.0. The summed E-state index contributed by atoms with van der Waals surface area (Å²) in [7, 11) is 11.2. The number of halogens is 1. The van der Waals surface area contributed by atoms with Crippen LogP contribution in [0.25, 0.3) is 22.1 Å². The monoisotopic (exact) mass is 920 g/mol. The van der Waals surface area contributed by atoms with Gasteiger partial charge < -0.3 is 28.8 Å². The average Bonchev–Trinajstić information content (AvgIpc) is 3.88. The Morgan fingerprint density at radius 2 is 1.21 bits per heavy atom. The van der Waals surface area contributed by atoms with Gasteiger partial charge in [-0.1, -0.05) is 76.6 Å². The first kappa shape index (κ1) is 47.2. The molecular formula is C50H65BrN8O4. The van der Waals surface area contributed by atoms with Gasteiger partial charge in [0.25, 0.3) is 0 Å². The molecule has 336 valence electrons. The number of hydrogen-bond donors (Lipinski definition) is 1. The van der Waals surface area contributed by atoms with E-state index in [2.05, 4.69) is 144 Å². The van der Waals surface area contributed by atoms with Crippen LogP contribution in [0.3, 0.4) is 0 Å². The number of aromatic nitrogens is 4. The second kappa shape index (κ2) is 22.4. The highest BCUT2D eigenvalue weighted by Gasteiger charge is 2.32. The molecule has 0 bridgehead atoms.